The van der Waals surface area contributed by atoms with Gasteiger partial charge in [-0.15, -0.1) is 0 Å². The van der Waals surface area contributed by atoms with Crippen LogP contribution in [0.4, 0.5) is 0 Å². The van der Waals surface area contributed by atoms with E-state index in [1.165, 1.54) is 12.0 Å². The molecule has 1 N–H and O–H groups in total. The molecule has 1 heterocycles. The highest BCUT2D eigenvalue weighted by Gasteiger charge is 2.46. The number of methoxy groups -OCH3 is 2. The Morgan fingerprint density at radius 3 is 2.32 bits per heavy atom. The van der Waals surface area contributed by atoms with Gasteiger partial charge in [0, 0.05) is 12.1 Å². The van der Waals surface area contributed by atoms with Crippen LogP contribution >= 0.6 is 0 Å². The van der Waals surface area contributed by atoms with E-state index in [0.29, 0.717) is 42.2 Å². The number of ether oxygens (including phenoxy) is 3. The first kappa shape index (κ1) is 28.1. The van der Waals surface area contributed by atoms with E-state index in [9.17, 15) is 14.7 Å². The summed E-state index contributed by atoms with van der Waals surface area (Å²) in [6.45, 7) is 5.72. The molecule has 1 atom stereocenters. The summed E-state index contributed by atoms with van der Waals surface area (Å²) in [7, 11) is 6.99. The lowest BCUT2D eigenvalue weighted by Gasteiger charge is -2.26. The fourth-order valence-electron chi connectivity index (χ4n) is 4.48. The van der Waals surface area contributed by atoms with Crippen LogP contribution < -0.4 is 14.2 Å². The van der Waals surface area contributed by atoms with Crippen molar-refractivity contribution in [3.05, 3.63) is 58.7 Å². The highest BCUT2D eigenvalue weighted by atomic mass is 16.5. The minimum absolute atomic E-state index is 0.0566. The first-order chi connectivity index (χ1) is 17.7. The molecule has 1 aliphatic heterocycles. The first-order valence-electron chi connectivity index (χ1n) is 12.6. The normalized spacial score (nSPS) is 16.9. The molecule has 1 aliphatic rings. The molecule has 0 saturated carbocycles. The van der Waals surface area contributed by atoms with Crippen LogP contribution in [0.1, 0.15) is 48.9 Å². The average Bonchev–Trinajstić information content (AvgIpc) is 3.13. The number of likely N-dealkylation sites (tertiary alicyclic amines) is 1. The zero-order chi connectivity index (χ0) is 27.1. The maximum absolute atomic E-state index is 13.3. The third-order valence-electron chi connectivity index (χ3n) is 6.47. The number of hydrogen-bond acceptors (Lipinski definition) is 7. The number of amides is 1. The van der Waals surface area contributed by atoms with E-state index in [1.54, 1.807) is 43.5 Å². The molecule has 2 aromatic rings. The molecule has 0 bridgehead atoms. The summed E-state index contributed by atoms with van der Waals surface area (Å²) < 4.78 is 16.7. The van der Waals surface area contributed by atoms with Gasteiger partial charge in [-0.05, 0) is 81.9 Å². The molecule has 0 aliphatic carbocycles. The van der Waals surface area contributed by atoms with E-state index in [2.05, 4.69) is 6.92 Å². The molecule has 37 heavy (non-hydrogen) atoms. The molecule has 0 radical (unpaired) electrons. The van der Waals surface area contributed by atoms with Gasteiger partial charge in [0.15, 0.2) is 11.5 Å². The van der Waals surface area contributed by atoms with E-state index in [0.717, 1.165) is 30.7 Å². The summed E-state index contributed by atoms with van der Waals surface area (Å²) in [5, 5.41) is 11.4. The smallest absolute Gasteiger partial charge is 0.295 e. The maximum atomic E-state index is 13.3. The number of rotatable bonds is 12. The zero-order valence-corrected chi connectivity index (χ0v) is 22.7. The van der Waals surface area contributed by atoms with Crippen molar-refractivity contribution in [2.45, 2.75) is 39.2 Å². The van der Waals surface area contributed by atoms with Crippen LogP contribution in [0.15, 0.2) is 42.0 Å². The molecule has 1 unspecified atom stereocenters. The second kappa shape index (κ2) is 12.6. The SMILES string of the molecule is CCCCOc1ccc(/C(O)=C2\C(=O)C(=O)N(CCCN(C)C)C2c2ccc(OC)c(OC)c2)cc1C. The summed E-state index contributed by atoms with van der Waals surface area (Å²) >= 11 is 0. The Morgan fingerprint density at radius 1 is 1.00 bits per heavy atom. The van der Waals surface area contributed by atoms with Crippen molar-refractivity contribution in [3.63, 3.8) is 0 Å². The fraction of sp³-hybridized carbons (Fsp3) is 0.448. The molecule has 200 valence electrons. The summed E-state index contributed by atoms with van der Waals surface area (Å²) in [5.41, 5.74) is 2.00. The van der Waals surface area contributed by atoms with E-state index >= 15 is 0 Å². The number of unbranched alkanes of at least 4 members (excludes halogenated alkanes) is 1. The molecule has 2 aromatic carbocycles. The average molecular weight is 511 g/mol. The van der Waals surface area contributed by atoms with Gasteiger partial charge in [-0.1, -0.05) is 19.4 Å². The lowest BCUT2D eigenvalue weighted by atomic mass is 9.94. The van der Waals surface area contributed by atoms with Crippen LogP contribution in [-0.2, 0) is 9.59 Å². The molecular weight excluding hydrogens is 472 g/mol. The summed E-state index contributed by atoms with van der Waals surface area (Å²) in [5.74, 6) is 0.190. The Morgan fingerprint density at radius 2 is 1.70 bits per heavy atom. The van der Waals surface area contributed by atoms with Gasteiger partial charge in [0.1, 0.15) is 11.5 Å². The van der Waals surface area contributed by atoms with E-state index in [-0.39, 0.29) is 11.3 Å². The second-order valence-corrected chi connectivity index (χ2v) is 9.45. The lowest BCUT2D eigenvalue weighted by molar-refractivity contribution is -0.139. The molecule has 0 spiro atoms. The van der Waals surface area contributed by atoms with Gasteiger partial charge in [-0.3, -0.25) is 9.59 Å². The van der Waals surface area contributed by atoms with Gasteiger partial charge in [-0.25, -0.2) is 0 Å². The third-order valence-corrected chi connectivity index (χ3v) is 6.47. The fourth-order valence-corrected chi connectivity index (χ4v) is 4.48. The number of aliphatic hydroxyl groups excluding tert-OH is 1. The molecule has 1 saturated heterocycles. The molecule has 8 nitrogen and oxygen atoms in total. The van der Waals surface area contributed by atoms with Gasteiger partial charge in [0.2, 0.25) is 0 Å². The van der Waals surface area contributed by atoms with Crippen LogP contribution in [-0.4, -0.2) is 74.6 Å². The third kappa shape index (κ3) is 6.25. The largest absolute Gasteiger partial charge is 0.507 e. The highest BCUT2D eigenvalue weighted by molar-refractivity contribution is 6.46. The Bertz CT molecular complexity index is 1160. The second-order valence-electron chi connectivity index (χ2n) is 9.45. The summed E-state index contributed by atoms with van der Waals surface area (Å²) in [6, 6.07) is 9.80. The number of aryl methyl sites for hydroxylation is 1. The van der Waals surface area contributed by atoms with Gasteiger partial charge in [0.05, 0.1) is 32.4 Å². The topological polar surface area (TPSA) is 88.5 Å². The van der Waals surface area contributed by atoms with Crippen LogP contribution in [0.5, 0.6) is 17.2 Å². The number of carbonyl (C=O) groups excluding carboxylic acids is 2. The predicted octanol–water partition coefficient (Wildman–Crippen LogP) is 4.56. The molecule has 1 amide bonds. The number of Topliss-reactive ketones (excluding diaryl/α,β-unsaturated/α-hetero) is 1. The zero-order valence-electron chi connectivity index (χ0n) is 22.7. The van der Waals surface area contributed by atoms with E-state index < -0.39 is 17.7 Å². The van der Waals surface area contributed by atoms with Crippen LogP contribution in [0.3, 0.4) is 0 Å². The molecule has 8 heteroatoms. The van der Waals surface area contributed by atoms with E-state index in [1.807, 2.05) is 25.9 Å². The number of benzene rings is 2. The minimum Gasteiger partial charge on any atom is -0.507 e. The lowest BCUT2D eigenvalue weighted by Crippen LogP contribution is -2.32. The van der Waals surface area contributed by atoms with Crippen LogP contribution in [0.25, 0.3) is 5.76 Å². The van der Waals surface area contributed by atoms with Crippen molar-refractivity contribution in [3.8, 4) is 17.2 Å². The van der Waals surface area contributed by atoms with Gasteiger partial charge >= 0.3 is 0 Å². The van der Waals surface area contributed by atoms with Crippen molar-refractivity contribution in [1.29, 1.82) is 0 Å². The number of nitrogens with zero attached hydrogens (tertiary/aromatic N) is 2. The number of aliphatic hydroxyl groups is 1. The Labute approximate surface area is 219 Å². The number of hydrogen-bond donors (Lipinski definition) is 1. The van der Waals surface area contributed by atoms with Crippen molar-refractivity contribution in [2.75, 3.05) is 48.0 Å². The monoisotopic (exact) mass is 510 g/mol. The Hall–Kier alpha value is -3.52. The highest BCUT2D eigenvalue weighted by Crippen LogP contribution is 2.42. The Balaban J connectivity index is 2.08. The van der Waals surface area contributed by atoms with Crippen molar-refractivity contribution < 1.29 is 28.9 Å². The molecule has 1 fully saturated rings. The summed E-state index contributed by atoms with van der Waals surface area (Å²) in [4.78, 5) is 30.1. The number of ketones is 1. The molecule has 0 aromatic heterocycles. The van der Waals surface area contributed by atoms with E-state index in [4.69, 9.17) is 14.2 Å². The maximum Gasteiger partial charge on any atom is 0.295 e. The van der Waals surface area contributed by atoms with Crippen LogP contribution in [0.2, 0.25) is 0 Å². The molecular formula is C29H38N2O6. The minimum atomic E-state index is -0.761. The van der Waals surface area contributed by atoms with Gasteiger partial charge < -0.3 is 29.1 Å². The first-order valence-corrected chi connectivity index (χ1v) is 12.6. The summed E-state index contributed by atoms with van der Waals surface area (Å²) in [6.07, 6.45) is 2.65. The van der Waals surface area contributed by atoms with Crippen molar-refractivity contribution in [1.82, 2.24) is 9.80 Å². The standard InChI is InChI=1S/C29H38N2O6/c1-7-8-16-37-22-12-11-21(17-19(22)2)27(32)25-26(20-10-13-23(35-5)24(18-20)36-6)31(29(34)28(25)33)15-9-14-30(3)4/h10-13,17-18,26,32H,7-9,14-16H2,1-6H3/b27-25+. The Kier molecular flexibility index (Phi) is 9.58. The van der Waals surface area contributed by atoms with Crippen molar-refractivity contribution in [2.24, 2.45) is 0 Å². The van der Waals surface area contributed by atoms with Crippen LogP contribution in [0, 0.1) is 6.92 Å². The van der Waals surface area contributed by atoms with Gasteiger partial charge in [0.25, 0.3) is 11.7 Å². The van der Waals surface area contributed by atoms with Gasteiger partial charge in [-0.2, -0.15) is 0 Å². The van der Waals surface area contributed by atoms with Crippen molar-refractivity contribution >= 4 is 17.4 Å². The number of carbonyl (C=O) groups is 2. The quantitative estimate of drug-likeness (QED) is 0.194. The molecule has 3 rings (SSSR count). The predicted molar refractivity (Wildman–Crippen MR) is 143 cm³/mol.